The van der Waals surface area contributed by atoms with Crippen molar-refractivity contribution in [2.75, 3.05) is 0 Å². The second-order valence-electron chi connectivity index (χ2n) is 4.20. The molecule has 0 amide bonds. The Morgan fingerprint density at radius 2 is 1.26 bits per heavy atom. The minimum Gasteiger partial charge on any atom is -0.116 e. The molecule has 0 bridgehead atoms. The van der Waals surface area contributed by atoms with Crippen LogP contribution in [-0.4, -0.2) is 0 Å². The fourth-order valence-electron chi connectivity index (χ4n) is 1.37. The van der Waals surface area contributed by atoms with Crippen LogP contribution in [0.25, 0.3) is 0 Å². The van der Waals surface area contributed by atoms with Crippen LogP contribution in [0.15, 0.2) is 0 Å². The zero-order chi connectivity index (χ0) is 14.1. The van der Waals surface area contributed by atoms with Crippen molar-refractivity contribution in [1.82, 2.24) is 0 Å². The molecule has 0 saturated heterocycles. The quantitative estimate of drug-likeness (QED) is 0.271. The minimum atomic E-state index is 0.999. The molecule has 0 atom stereocenters. The van der Waals surface area contributed by atoms with Gasteiger partial charge in [-0.25, -0.2) is 0 Å². The normalized spacial score (nSPS) is 9.47. The molecule has 0 aliphatic heterocycles. The highest BCUT2D eigenvalue weighted by molar-refractivity contribution is 14.1. The SMILES string of the molecule is CCCCC#Cc1sc(C#CCCCC)c(I)c1I. The molecule has 1 rings (SSSR count). The smallest absolute Gasteiger partial charge is 0.0926 e. The molecular weight excluding hydrogens is 478 g/mol. The van der Waals surface area contributed by atoms with Gasteiger partial charge in [-0.05, 0) is 58.0 Å². The van der Waals surface area contributed by atoms with Gasteiger partial charge in [0.2, 0.25) is 0 Å². The van der Waals surface area contributed by atoms with Crippen molar-refractivity contribution in [2.24, 2.45) is 0 Å². The summed E-state index contributed by atoms with van der Waals surface area (Å²) in [4.78, 5) is 2.36. The lowest BCUT2D eigenvalue weighted by Gasteiger charge is -1.87. The summed E-state index contributed by atoms with van der Waals surface area (Å²) in [6, 6.07) is 0. The number of halogens is 2. The van der Waals surface area contributed by atoms with Crippen LogP contribution in [0.1, 0.15) is 62.1 Å². The molecule has 0 aliphatic carbocycles. The van der Waals surface area contributed by atoms with Gasteiger partial charge in [0, 0.05) is 12.8 Å². The highest BCUT2D eigenvalue weighted by Crippen LogP contribution is 2.30. The van der Waals surface area contributed by atoms with Crippen molar-refractivity contribution in [3.05, 3.63) is 16.9 Å². The van der Waals surface area contributed by atoms with Crippen molar-refractivity contribution in [3.8, 4) is 23.7 Å². The highest BCUT2D eigenvalue weighted by atomic mass is 127. The van der Waals surface area contributed by atoms with Gasteiger partial charge >= 0.3 is 0 Å². The minimum absolute atomic E-state index is 0.999. The van der Waals surface area contributed by atoms with E-state index in [4.69, 9.17) is 0 Å². The van der Waals surface area contributed by atoms with E-state index in [2.05, 4.69) is 82.7 Å². The van der Waals surface area contributed by atoms with Crippen molar-refractivity contribution in [1.29, 1.82) is 0 Å². The molecule has 0 unspecified atom stereocenters. The molecule has 1 aromatic heterocycles. The molecule has 0 aliphatic rings. The van der Waals surface area contributed by atoms with Gasteiger partial charge in [0.25, 0.3) is 0 Å². The molecule has 102 valence electrons. The molecule has 0 N–H and O–H groups in total. The Balaban J connectivity index is 2.78. The second kappa shape index (κ2) is 10.1. The Hall–Kier alpha value is 0.280. The lowest BCUT2D eigenvalue weighted by atomic mass is 10.2. The summed E-state index contributed by atoms with van der Waals surface area (Å²) in [5, 5.41) is 0. The third-order valence-electron chi connectivity index (χ3n) is 2.51. The fourth-order valence-corrected chi connectivity index (χ4v) is 4.04. The molecule has 0 radical (unpaired) electrons. The molecule has 19 heavy (non-hydrogen) atoms. The number of rotatable bonds is 4. The Labute approximate surface area is 148 Å². The molecule has 1 heterocycles. The molecule has 0 fully saturated rings. The van der Waals surface area contributed by atoms with E-state index in [0.29, 0.717) is 0 Å². The topological polar surface area (TPSA) is 0 Å². The predicted molar refractivity (Wildman–Crippen MR) is 103 cm³/mol. The van der Waals surface area contributed by atoms with Crippen LogP contribution in [0.3, 0.4) is 0 Å². The van der Waals surface area contributed by atoms with Crippen molar-refractivity contribution in [3.63, 3.8) is 0 Å². The van der Waals surface area contributed by atoms with E-state index in [1.807, 2.05) is 0 Å². The van der Waals surface area contributed by atoms with E-state index in [1.54, 1.807) is 11.3 Å². The van der Waals surface area contributed by atoms with E-state index in [-0.39, 0.29) is 0 Å². The predicted octanol–water partition coefficient (Wildman–Crippen LogP) is 6.04. The average molecular weight is 496 g/mol. The van der Waals surface area contributed by atoms with Gasteiger partial charge < -0.3 is 0 Å². The van der Waals surface area contributed by atoms with Crippen LogP contribution in [0.4, 0.5) is 0 Å². The lowest BCUT2D eigenvalue weighted by molar-refractivity contribution is 0.828. The highest BCUT2D eigenvalue weighted by Gasteiger charge is 2.10. The van der Waals surface area contributed by atoms with E-state index >= 15 is 0 Å². The van der Waals surface area contributed by atoms with E-state index in [0.717, 1.165) is 12.8 Å². The fraction of sp³-hybridized carbons (Fsp3) is 0.500. The summed E-state index contributed by atoms with van der Waals surface area (Å²) in [6.45, 7) is 4.40. The van der Waals surface area contributed by atoms with E-state index in [9.17, 15) is 0 Å². The Kier molecular flexibility index (Phi) is 9.19. The van der Waals surface area contributed by atoms with Crippen molar-refractivity contribution in [2.45, 2.75) is 52.4 Å². The van der Waals surface area contributed by atoms with Crippen LogP contribution >= 0.6 is 56.5 Å². The van der Waals surface area contributed by atoms with Gasteiger partial charge in [0.15, 0.2) is 0 Å². The maximum absolute atomic E-state index is 3.30. The van der Waals surface area contributed by atoms with Gasteiger partial charge in [-0.2, -0.15) is 0 Å². The first-order valence-electron chi connectivity index (χ1n) is 6.66. The maximum atomic E-state index is 3.30. The largest absolute Gasteiger partial charge is 0.116 e. The molecule has 3 heteroatoms. The first-order chi connectivity index (χ1) is 9.20. The van der Waals surface area contributed by atoms with Crippen LogP contribution in [0, 0.1) is 30.8 Å². The first-order valence-corrected chi connectivity index (χ1v) is 9.63. The van der Waals surface area contributed by atoms with Gasteiger partial charge in [0.1, 0.15) is 0 Å². The molecule has 0 spiro atoms. The van der Waals surface area contributed by atoms with Gasteiger partial charge in [-0.1, -0.05) is 50.4 Å². The molecule has 0 aromatic carbocycles. The standard InChI is InChI=1S/C16H18I2S/c1-3-5-7-9-11-13-15(17)16(18)14(19-13)12-10-8-6-4-2/h3-8H2,1-2H3. The zero-order valence-electron chi connectivity index (χ0n) is 11.4. The molecular formula is C16H18I2S. The summed E-state index contributed by atoms with van der Waals surface area (Å²) in [5.41, 5.74) is 0. The number of thiophene rings is 1. The van der Waals surface area contributed by atoms with E-state index in [1.165, 1.54) is 42.6 Å². The van der Waals surface area contributed by atoms with Crippen LogP contribution in [-0.2, 0) is 0 Å². The zero-order valence-corrected chi connectivity index (χ0v) is 16.5. The molecule has 0 nitrogen and oxygen atoms in total. The van der Waals surface area contributed by atoms with Gasteiger partial charge in [0.05, 0.1) is 16.9 Å². The van der Waals surface area contributed by atoms with Gasteiger partial charge in [-0.3, -0.25) is 0 Å². The van der Waals surface area contributed by atoms with Crippen LogP contribution in [0.5, 0.6) is 0 Å². The Morgan fingerprint density at radius 3 is 1.63 bits per heavy atom. The first kappa shape index (κ1) is 17.3. The van der Waals surface area contributed by atoms with Crippen LogP contribution < -0.4 is 0 Å². The Morgan fingerprint density at radius 1 is 0.842 bits per heavy atom. The number of unbranched alkanes of at least 4 members (excludes halogenated alkanes) is 4. The average Bonchev–Trinajstić information content (AvgIpc) is 2.68. The monoisotopic (exact) mass is 496 g/mol. The van der Waals surface area contributed by atoms with Crippen molar-refractivity contribution >= 4 is 56.5 Å². The van der Waals surface area contributed by atoms with Gasteiger partial charge in [-0.15, -0.1) is 11.3 Å². The third kappa shape index (κ3) is 6.06. The number of hydrogen-bond donors (Lipinski definition) is 0. The van der Waals surface area contributed by atoms with Crippen molar-refractivity contribution < 1.29 is 0 Å². The molecule has 0 saturated carbocycles. The van der Waals surface area contributed by atoms with E-state index < -0.39 is 0 Å². The third-order valence-corrected chi connectivity index (χ3v) is 7.45. The second-order valence-corrected chi connectivity index (χ2v) is 7.38. The maximum Gasteiger partial charge on any atom is 0.0926 e. The lowest BCUT2D eigenvalue weighted by Crippen LogP contribution is -1.76. The summed E-state index contributed by atoms with van der Waals surface area (Å²) in [5.74, 6) is 13.1. The molecule has 1 aromatic rings. The number of hydrogen-bond acceptors (Lipinski definition) is 1. The summed E-state index contributed by atoms with van der Waals surface area (Å²) in [6.07, 6.45) is 6.80. The van der Waals surface area contributed by atoms with Crippen LogP contribution in [0.2, 0.25) is 0 Å². The summed E-state index contributed by atoms with van der Waals surface area (Å²) in [7, 11) is 0. The summed E-state index contributed by atoms with van der Waals surface area (Å²) < 4.78 is 2.54. The Bertz CT molecular complexity index is 474. The summed E-state index contributed by atoms with van der Waals surface area (Å²) >= 11 is 6.52.